The van der Waals surface area contributed by atoms with Gasteiger partial charge in [-0.05, 0) is 0 Å². The molecular weight excluding hydrogens is 158 g/mol. The molecule has 1 rings (SSSR count). The number of rotatable bonds is 1. The summed E-state index contributed by atoms with van der Waals surface area (Å²) in [6.07, 6.45) is 0. The molecule has 1 heterocycles. The highest BCUT2D eigenvalue weighted by molar-refractivity contribution is 8.08. The molecule has 1 atom stereocenters. The summed E-state index contributed by atoms with van der Waals surface area (Å²) < 4.78 is 0.660. The predicted molar refractivity (Wildman–Crippen MR) is 44.2 cm³/mol. The molecule has 0 aromatic carbocycles. The molecule has 0 amide bonds. The fraction of sp³-hybridized carbons (Fsp3) is 0.750. The molecule has 0 spiro atoms. The first-order valence-corrected chi connectivity index (χ1v) is 4.23. The Balaban J connectivity index is 2.35. The molecule has 1 nitrogen and oxygen atoms in total. The van der Waals surface area contributed by atoms with Gasteiger partial charge >= 0.3 is 0 Å². The van der Waals surface area contributed by atoms with Gasteiger partial charge in [0, 0.05) is 12.3 Å². The maximum atomic E-state index is 4.79. The summed E-state index contributed by atoms with van der Waals surface area (Å²) in [5, 5.41) is 3.45. The van der Waals surface area contributed by atoms with Crippen molar-refractivity contribution in [1.29, 1.82) is 0 Å². The molecule has 0 radical (unpaired) electrons. The second kappa shape index (κ2) is 2.96. The van der Waals surface area contributed by atoms with Gasteiger partial charge in [0.1, 0.15) is 0 Å². The van der Waals surface area contributed by atoms with E-state index in [-0.39, 0.29) is 5.37 Å². The van der Waals surface area contributed by atoms with Crippen LogP contribution in [0.25, 0.3) is 0 Å². The van der Waals surface area contributed by atoms with Crippen LogP contribution in [-0.2, 0) is 12.6 Å². The second-order valence-electron chi connectivity index (χ2n) is 1.52. The Morgan fingerprint density at radius 3 is 2.88 bits per heavy atom. The number of thiocarbonyl (C=S) groups is 1. The van der Waals surface area contributed by atoms with Crippen molar-refractivity contribution in [2.24, 2.45) is 0 Å². The number of hydrogen-bond donors (Lipinski definition) is 1. The molecule has 0 bridgehead atoms. The van der Waals surface area contributed by atoms with Crippen molar-refractivity contribution in [3.8, 4) is 0 Å². The molecule has 46 valence electrons. The SMILES string of the molecule is S=C([S-])C1NCCS1. The van der Waals surface area contributed by atoms with Gasteiger partial charge in [0.25, 0.3) is 0 Å². The van der Waals surface area contributed by atoms with Crippen LogP contribution in [-0.4, -0.2) is 21.9 Å². The molecule has 1 unspecified atom stereocenters. The minimum atomic E-state index is 0.278. The standard InChI is InChI=1S/C4H7NS3/c6-4(7)3-5-1-2-8-3/h3,5H,1-2H2,(H,6,7)/p-1. The van der Waals surface area contributed by atoms with Crippen LogP contribution < -0.4 is 5.32 Å². The summed E-state index contributed by atoms with van der Waals surface area (Å²) in [6, 6.07) is 0. The van der Waals surface area contributed by atoms with E-state index in [0.717, 1.165) is 12.3 Å². The first kappa shape index (κ1) is 6.74. The summed E-state index contributed by atoms with van der Waals surface area (Å²) in [5.41, 5.74) is 0. The average molecular weight is 164 g/mol. The van der Waals surface area contributed by atoms with Crippen LogP contribution in [0.3, 0.4) is 0 Å². The summed E-state index contributed by atoms with van der Waals surface area (Å²) in [7, 11) is 0. The Morgan fingerprint density at radius 2 is 2.62 bits per heavy atom. The van der Waals surface area contributed by atoms with Gasteiger partial charge in [0.15, 0.2) is 0 Å². The zero-order valence-corrected chi connectivity index (χ0v) is 6.67. The zero-order chi connectivity index (χ0) is 5.98. The van der Waals surface area contributed by atoms with Gasteiger partial charge in [-0.25, -0.2) is 0 Å². The van der Waals surface area contributed by atoms with Gasteiger partial charge in [-0.1, -0.05) is 0 Å². The Hall–Kier alpha value is 0.620. The highest BCUT2D eigenvalue weighted by atomic mass is 32.2. The Bertz CT molecular complexity index is 97.5. The molecule has 1 aliphatic heterocycles. The normalized spacial score (nSPS) is 28.2. The van der Waals surface area contributed by atoms with Gasteiger partial charge in [-0.2, -0.15) is 0 Å². The van der Waals surface area contributed by atoms with E-state index in [2.05, 4.69) is 5.32 Å². The molecule has 1 aliphatic rings. The lowest BCUT2D eigenvalue weighted by Crippen LogP contribution is -2.25. The number of nitrogens with one attached hydrogen (secondary N) is 1. The molecule has 4 heteroatoms. The maximum Gasteiger partial charge on any atom is 0.0609 e. The van der Waals surface area contributed by atoms with E-state index in [4.69, 9.17) is 24.8 Å². The molecule has 1 fully saturated rings. The van der Waals surface area contributed by atoms with Crippen molar-refractivity contribution in [2.75, 3.05) is 12.3 Å². The Morgan fingerprint density at radius 1 is 1.88 bits per heavy atom. The highest BCUT2D eigenvalue weighted by Gasteiger charge is 2.10. The third kappa shape index (κ3) is 1.55. The van der Waals surface area contributed by atoms with Crippen molar-refractivity contribution >= 4 is 40.8 Å². The van der Waals surface area contributed by atoms with Crippen LogP contribution in [0.15, 0.2) is 0 Å². The fourth-order valence-electron chi connectivity index (χ4n) is 0.577. The van der Waals surface area contributed by atoms with E-state index in [1.54, 1.807) is 11.8 Å². The molecule has 0 aromatic rings. The van der Waals surface area contributed by atoms with Crippen LogP contribution in [0.2, 0.25) is 0 Å². The van der Waals surface area contributed by atoms with E-state index in [1.165, 1.54) is 0 Å². The van der Waals surface area contributed by atoms with Gasteiger partial charge < -0.3 is 30.2 Å². The highest BCUT2D eigenvalue weighted by Crippen LogP contribution is 2.14. The van der Waals surface area contributed by atoms with Crippen LogP contribution >= 0.6 is 24.0 Å². The second-order valence-corrected chi connectivity index (χ2v) is 3.88. The zero-order valence-electron chi connectivity index (χ0n) is 4.22. The molecule has 1 saturated heterocycles. The molecular formula is C4H6NS3-. The van der Waals surface area contributed by atoms with Gasteiger partial charge in [0.2, 0.25) is 0 Å². The number of hydrogen-bond acceptors (Lipinski definition) is 4. The average Bonchev–Trinajstić information content (AvgIpc) is 2.12. The molecule has 0 aliphatic carbocycles. The summed E-state index contributed by atoms with van der Waals surface area (Å²) >= 11 is 11.4. The van der Waals surface area contributed by atoms with Gasteiger partial charge in [-0.3, -0.25) is 0 Å². The first-order chi connectivity index (χ1) is 3.80. The quantitative estimate of drug-likeness (QED) is 0.448. The topological polar surface area (TPSA) is 12.0 Å². The van der Waals surface area contributed by atoms with E-state index in [0.29, 0.717) is 4.20 Å². The lowest BCUT2D eigenvalue weighted by atomic mass is 10.7. The number of thioether (sulfide) groups is 1. The fourth-order valence-corrected chi connectivity index (χ4v) is 2.00. The van der Waals surface area contributed by atoms with Gasteiger partial charge in [0.05, 0.1) is 5.37 Å². The molecule has 0 saturated carbocycles. The van der Waals surface area contributed by atoms with Crippen molar-refractivity contribution in [1.82, 2.24) is 5.32 Å². The minimum absolute atomic E-state index is 0.278. The third-order valence-corrected chi connectivity index (χ3v) is 2.88. The van der Waals surface area contributed by atoms with Crippen LogP contribution in [0.4, 0.5) is 0 Å². The van der Waals surface area contributed by atoms with E-state index >= 15 is 0 Å². The van der Waals surface area contributed by atoms with Crippen LogP contribution in [0.5, 0.6) is 0 Å². The maximum absolute atomic E-state index is 4.79. The van der Waals surface area contributed by atoms with Crippen LogP contribution in [0.1, 0.15) is 0 Å². The summed E-state index contributed by atoms with van der Waals surface area (Å²) in [5.74, 6) is 1.14. The van der Waals surface area contributed by atoms with Crippen molar-refractivity contribution in [3.63, 3.8) is 0 Å². The van der Waals surface area contributed by atoms with E-state index in [1.807, 2.05) is 0 Å². The van der Waals surface area contributed by atoms with Crippen LogP contribution in [0, 0.1) is 0 Å². The lowest BCUT2D eigenvalue weighted by Gasteiger charge is -2.12. The summed E-state index contributed by atoms with van der Waals surface area (Å²) in [4.78, 5) is 0. The molecule has 0 aromatic heterocycles. The molecule has 1 N–H and O–H groups in total. The van der Waals surface area contributed by atoms with E-state index in [9.17, 15) is 0 Å². The van der Waals surface area contributed by atoms with E-state index < -0.39 is 0 Å². The van der Waals surface area contributed by atoms with Crippen molar-refractivity contribution in [2.45, 2.75) is 5.37 Å². The Kier molecular flexibility index (Phi) is 2.49. The Labute approximate surface area is 64.0 Å². The predicted octanol–water partition coefficient (Wildman–Crippen LogP) is 0.523. The minimum Gasteiger partial charge on any atom is -0.431 e. The monoisotopic (exact) mass is 164 g/mol. The molecule has 8 heavy (non-hydrogen) atoms. The largest absolute Gasteiger partial charge is 0.431 e. The first-order valence-electron chi connectivity index (χ1n) is 2.36. The smallest absolute Gasteiger partial charge is 0.0609 e. The summed E-state index contributed by atoms with van der Waals surface area (Å²) in [6.45, 7) is 1.05. The lowest BCUT2D eigenvalue weighted by molar-refractivity contribution is 0.837. The third-order valence-electron chi connectivity index (χ3n) is 0.930. The van der Waals surface area contributed by atoms with Crippen molar-refractivity contribution < 1.29 is 0 Å². The van der Waals surface area contributed by atoms with Crippen molar-refractivity contribution in [3.05, 3.63) is 0 Å². The van der Waals surface area contributed by atoms with Gasteiger partial charge in [-0.15, -0.1) is 16.0 Å².